The minimum atomic E-state index is 0.747. The summed E-state index contributed by atoms with van der Waals surface area (Å²) in [6, 6.07) is 11.8. The second kappa shape index (κ2) is 7.69. The van der Waals surface area contributed by atoms with Crippen LogP contribution in [0.3, 0.4) is 0 Å². The molecular weight excluding hydrogens is 230 g/mol. The molecule has 1 saturated heterocycles. The van der Waals surface area contributed by atoms with Crippen molar-refractivity contribution in [1.82, 2.24) is 5.32 Å². The van der Waals surface area contributed by atoms with E-state index in [1.165, 1.54) is 50.6 Å². The van der Waals surface area contributed by atoms with Gasteiger partial charge in [0.1, 0.15) is 0 Å². The molecule has 0 saturated carbocycles. The maximum Gasteiger partial charge on any atom is 0.0127 e. The molecule has 1 nitrogen and oxygen atoms in total. The molecule has 3 atom stereocenters. The third kappa shape index (κ3) is 4.07. The van der Waals surface area contributed by atoms with Gasteiger partial charge < -0.3 is 5.32 Å². The second-order valence-corrected chi connectivity index (χ2v) is 6.03. The van der Waals surface area contributed by atoms with Gasteiger partial charge in [-0.05, 0) is 43.2 Å². The lowest BCUT2D eigenvalue weighted by Gasteiger charge is -2.28. The van der Waals surface area contributed by atoms with Crippen LogP contribution in [0.25, 0.3) is 0 Å². The van der Waals surface area contributed by atoms with Gasteiger partial charge >= 0.3 is 0 Å². The molecule has 1 aliphatic heterocycles. The fraction of sp³-hybridized carbons (Fsp3) is 0.667. The molecular formula is C18H29N. The Morgan fingerprint density at radius 1 is 1.21 bits per heavy atom. The first-order valence-corrected chi connectivity index (χ1v) is 8.12. The highest BCUT2D eigenvalue weighted by atomic mass is 15.0. The summed E-state index contributed by atoms with van der Waals surface area (Å²) in [6.07, 6.45) is 8.03. The van der Waals surface area contributed by atoms with Crippen LogP contribution in [-0.2, 0) is 6.42 Å². The zero-order chi connectivity index (χ0) is 13.5. The van der Waals surface area contributed by atoms with E-state index in [1.807, 2.05) is 0 Å². The smallest absolute Gasteiger partial charge is 0.0127 e. The van der Waals surface area contributed by atoms with Crippen LogP contribution in [0.4, 0.5) is 0 Å². The first-order chi connectivity index (χ1) is 9.35. The summed E-state index contributed by atoms with van der Waals surface area (Å²) in [5, 5.41) is 3.79. The van der Waals surface area contributed by atoms with Crippen LogP contribution in [0.15, 0.2) is 30.3 Å². The van der Waals surface area contributed by atoms with Crippen molar-refractivity contribution in [2.45, 2.75) is 58.4 Å². The molecule has 1 aromatic carbocycles. The Morgan fingerprint density at radius 3 is 2.68 bits per heavy atom. The highest BCUT2D eigenvalue weighted by Gasteiger charge is 2.31. The molecule has 0 aliphatic carbocycles. The summed E-state index contributed by atoms with van der Waals surface area (Å²) < 4.78 is 0. The number of nitrogens with one attached hydrogen (secondary N) is 1. The standard InChI is InChI=1S/C18H29N/c1-3-5-11-16(4-2)18-17(12-13-19-18)14-15-9-7-6-8-10-15/h6-10,16-19H,3-5,11-14H2,1-2H3. The van der Waals surface area contributed by atoms with Crippen molar-refractivity contribution < 1.29 is 0 Å². The predicted molar refractivity (Wildman–Crippen MR) is 83.3 cm³/mol. The number of hydrogen-bond acceptors (Lipinski definition) is 1. The summed E-state index contributed by atoms with van der Waals surface area (Å²) in [4.78, 5) is 0. The van der Waals surface area contributed by atoms with Gasteiger partial charge in [-0.15, -0.1) is 0 Å². The van der Waals surface area contributed by atoms with E-state index in [4.69, 9.17) is 0 Å². The van der Waals surface area contributed by atoms with Gasteiger partial charge in [0.2, 0.25) is 0 Å². The fourth-order valence-electron chi connectivity index (χ4n) is 3.58. The molecule has 1 heterocycles. The van der Waals surface area contributed by atoms with Crippen LogP contribution in [0.5, 0.6) is 0 Å². The van der Waals surface area contributed by atoms with Crippen LogP contribution in [0.1, 0.15) is 51.5 Å². The monoisotopic (exact) mass is 259 g/mol. The molecule has 0 spiro atoms. The zero-order valence-corrected chi connectivity index (χ0v) is 12.6. The first kappa shape index (κ1) is 14.6. The molecule has 0 bridgehead atoms. The summed E-state index contributed by atoms with van der Waals surface area (Å²) in [6.45, 7) is 5.88. The Hall–Kier alpha value is -0.820. The van der Waals surface area contributed by atoms with Crippen molar-refractivity contribution >= 4 is 0 Å². The second-order valence-electron chi connectivity index (χ2n) is 6.03. The van der Waals surface area contributed by atoms with E-state index in [1.54, 1.807) is 0 Å². The summed E-state index contributed by atoms with van der Waals surface area (Å²) in [5.74, 6) is 1.71. The lowest BCUT2D eigenvalue weighted by molar-refractivity contribution is 0.285. The van der Waals surface area contributed by atoms with Crippen LogP contribution in [0.2, 0.25) is 0 Å². The Labute approximate surface area is 118 Å². The highest BCUT2D eigenvalue weighted by Crippen LogP contribution is 2.30. The third-order valence-electron chi connectivity index (χ3n) is 4.70. The largest absolute Gasteiger partial charge is 0.313 e. The van der Waals surface area contributed by atoms with Crippen molar-refractivity contribution in [1.29, 1.82) is 0 Å². The summed E-state index contributed by atoms with van der Waals surface area (Å²) in [5.41, 5.74) is 1.51. The van der Waals surface area contributed by atoms with Crippen LogP contribution >= 0.6 is 0 Å². The van der Waals surface area contributed by atoms with E-state index in [0.717, 1.165) is 17.9 Å². The summed E-state index contributed by atoms with van der Waals surface area (Å²) in [7, 11) is 0. The van der Waals surface area contributed by atoms with Crippen molar-refractivity contribution in [3.63, 3.8) is 0 Å². The van der Waals surface area contributed by atoms with Crippen molar-refractivity contribution in [3.8, 4) is 0 Å². The zero-order valence-electron chi connectivity index (χ0n) is 12.6. The molecule has 0 aromatic heterocycles. The van der Waals surface area contributed by atoms with E-state index in [9.17, 15) is 0 Å². The van der Waals surface area contributed by atoms with Crippen LogP contribution < -0.4 is 5.32 Å². The average molecular weight is 259 g/mol. The van der Waals surface area contributed by atoms with Gasteiger partial charge in [0, 0.05) is 6.04 Å². The van der Waals surface area contributed by atoms with E-state index >= 15 is 0 Å². The van der Waals surface area contributed by atoms with Gasteiger partial charge in [0.05, 0.1) is 0 Å². The molecule has 106 valence electrons. The van der Waals surface area contributed by atoms with E-state index < -0.39 is 0 Å². The van der Waals surface area contributed by atoms with Gasteiger partial charge in [-0.2, -0.15) is 0 Å². The third-order valence-corrected chi connectivity index (χ3v) is 4.70. The molecule has 1 heteroatoms. The average Bonchev–Trinajstić information content (AvgIpc) is 2.89. The highest BCUT2D eigenvalue weighted by molar-refractivity contribution is 5.16. The van der Waals surface area contributed by atoms with E-state index in [-0.39, 0.29) is 0 Å². The number of unbranched alkanes of at least 4 members (excludes halogenated alkanes) is 1. The fourth-order valence-corrected chi connectivity index (χ4v) is 3.58. The Kier molecular flexibility index (Phi) is 5.91. The van der Waals surface area contributed by atoms with Gasteiger partial charge in [0.25, 0.3) is 0 Å². The maximum absolute atomic E-state index is 3.79. The van der Waals surface area contributed by atoms with Gasteiger partial charge in [0.15, 0.2) is 0 Å². The van der Waals surface area contributed by atoms with Crippen molar-refractivity contribution in [2.24, 2.45) is 11.8 Å². The van der Waals surface area contributed by atoms with Crippen LogP contribution in [-0.4, -0.2) is 12.6 Å². The number of rotatable bonds is 7. The first-order valence-electron chi connectivity index (χ1n) is 8.12. The quantitative estimate of drug-likeness (QED) is 0.764. The Bertz CT molecular complexity index is 346. The van der Waals surface area contributed by atoms with Gasteiger partial charge in [-0.1, -0.05) is 63.4 Å². The molecule has 3 unspecified atom stereocenters. The van der Waals surface area contributed by atoms with E-state index in [2.05, 4.69) is 49.5 Å². The van der Waals surface area contributed by atoms with Crippen LogP contribution in [0, 0.1) is 11.8 Å². The molecule has 0 radical (unpaired) electrons. The lowest BCUT2D eigenvalue weighted by Crippen LogP contribution is -2.35. The minimum Gasteiger partial charge on any atom is -0.313 e. The molecule has 19 heavy (non-hydrogen) atoms. The van der Waals surface area contributed by atoms with E-state index in [0.29, 0.717) is 0 Å². The minimum absolute atomic E-state index is 0.747. The lowest BCUT2D eigenvalue weighted by atomic mass is 9.81. The normalized spacial score (nSPS) is 24.5. The molecule has 1 aromatic rings. The molecule has 1 fully saturated rings. The number of benzene rings is 1. The molecule has 2 rings (SSSR count). The molecule has 1 aliphatic rings. The summed E-state index contributed by atoms with van der Waals surface area (Å²) >= 11 is 0. The topological polar surface area (TPSA) is 12.0 Å². The van der Waals surface area contributed by atoms with Gasteiger partial charge in [-0.3, -0.25) is 0 Å². The SMILES string of the molecule is CCCCC(CC)C1NCCC1Cc1ccccc1. The van der Waals surface area contributed by atoms with Crippen molar-refractivity contribution in [3.05, 3.63) is 35.9 Å². The predicted octanol–water partition coefficient (Wildman–Crippen LogP) is 4.42. The van der Waals surface area contributed by atoms with Crippen molar-refractivity contribution in [2.75, 3.05) is 6.54 Å². The maximum atomic E-state index is 3.79. The Balaban J connectivity index is 1.95. The Morgan fingerprint density at radius 2 is 2.00 bits per heavy atom. The molecule has 1 N–H and O–H groups in total. The molecule has 0 amide bonds. The number of hydrogen-bond donors (Lipinski definition) is 1. The van der Waals surface area contributed by atoms with Gasteiger partial charge in [-0.25, -0.2) is 0 Å².